The zero-order valence-corrected chi connectivity index (χ0v) is 25.4. The van der Waals surface area contributed by atoms with Crippen molar-refractivity contribution in [2.75, 3.05) is 33.1 Å². The Hall–Kier alpha value is -2.81. The van der Waals surface area contributed by atoms with E-state index in [4.69, 9.17) is 21.1 Å². The third-order valence-electron chi connectivity index (χ3n) is 8.31. The van der Waals surface area contributed by atoms with E-state index in [1.165, 1.54) is 43.0 Å². The van der Waals surface area contributed by atoms with E-state index in [2.05, 4.69) is 32.3 Å². The van der Waals surface area contributed by atoms with E-state index in [0.717, 1.165) is 48.5 Å². The molecule has 218 valence electrons. The molecule has 7 nitrogen and oxygen atoms in total. The van der Waals surface area contributed by atoms with Crippen molar-refractivity contribution < 1.29 is 14.3 Å². The normalized spacial score (nSPS) is 20.0. The van der Waals surface area contributed by atoms with Crippen LogP contribution in [-0.2, 0) is 11.2 Å². The Labute approximate surface area is 252 Å². The van der Waals surface area contributed by atoms with Crippen LogP contribution in [0.15, 0.2) is 60.0 Å². The van der Waals surface area contributed by atoms with Crippen molar-refractivity contribution >= 4 is 29.3 Å². The van der Waals surface area contributed by atoms with Crippen molar-refractivity contribution in [3.8, 4) is 22.6 Å². The maximum absolute atomic E-state index is 13.0. The molecule has 0 unspecified atom stereocenters. The summed E-state index contributed by atoms with van der Waals surface area (Å²) in [5.41, 5.74) is 3.18. The first-order valence-corrected chi connectivity index (χ1v) is 15.8. The lowest BCUT2D eigenvalue weighted by atomic mass is 9.85. The van der Waals surface area contributed by atoms with Gasteiger partial charge in [-0.3, -0.25) is 9.69 Å². The number of amides is 1. The van der Waals surface area contributed by atoms with E-state index >= 15 is 0 Å². The van der Waals surface area contributed by atoms with Gasteiger partial charge >= 0.3 is 0 Å². The Kier molecular flexibility index (Phi) is 10.4. The summed E-state index contributed by atoms with van der Waals surface area (Å²) in [5.74, 6) is 2.40. The summed E-state index contributed by atoms with van der Waals surface area (Å²) in [7, 11) is 3.23. The summed E-state index contributed by atoms with van der Waals surface area (Å²) < 4.78 is 10.7. The largest absolute Gasteiger partial charge is 0.493 e. The molecule has 3 aromatic rings. The number of nitrogens with one attached hydrogen (secondary N) is 1. The molecule has 1 aromatic heterocycles. The number of methoxy groups -OCH3 is 2. The third-order valence-corrected chi connectivity index (χ3v) is 9.44. The number of carbonyl (C=O) groups is 1. The average Bonchev–Trinajstić information content (AvgIpc) is 3.02. The fraction of sp³-hybridized carbons (Fsp3) is 0.469. The van der Waals surface area contributed by atoms with Crippen LogP contribution >= 0.6 is 23.4 Å². The van der Waals surface area contributed by atoms with Crippen LogP contribution in [0.1, 0.15) is 44.1 Å². The van der Waals surface area contributed by atoms with Gasteiger partial charge in [-0.25, -0.2) is 9.97 Å². The van der Waals surface area contributed by atoms with Crippen LogP contribution in [0.4, 0.5) is 0 Å². The van der Waals surface area contributed by atoms with E-state index in [1.54, 1.807) is 26.6 Å². The summed E-state index contributed by atoms with van der Waals surface area (Å²) in [6.07, 6.45) is 11.7. The minimum Gasteiger partial charge on any atom is -0.493 e. The van der Waals surface area contributed by atoms with Gasteiger partial charge in [-0.1, -0.05) is 54.4 Å². The summed E-state index contributed by atoms with van der Waals surface area (Å²) in [5, 5.41) is 4.74. The van der Waals surface area contributed by atoms with Crippen LogP contribution < -0.4 is 14.8 Å². The molecule has 5 rings (SSSR count). The van der Waals surface area contributed by atoms with E-state index < -0.39 is 0 Å². The molecule has 0 spiro atoms. The van der Waals surface area contributed by atoms with Gasteiger partial charge in [0.15, 0.2) is 16.7 Å². The number of ether oxygens (including phenoxy) is 2. The van der Waals surface area contributed by atoms with Gasteiger partial charge in [-0.15, -0.1) is 0 Å². The van der Waals surface area contributed by atoms with Crippen molar-refractivity contribution in [3.63, 3.8) is 0 Å². The minimum absolute atomic E-state index is 0.0529. The van der Waals surface area contributed by atoms with Gasteiger partial charge in [0.25, 0.3) is 0 Å². The Morgan fingerprint density at radius 1 is 0.951 bits per heavy atom. The summed E-state index contributed by atoms with van der Waals surface area (Å²) in [6.45, 7) is 2.20. The first-order valence-electron chi connectivity index (χ1n) is 14.5. The number of aromatic nitrogens is 2. The number of hydrogen-bond acceptors (Lipinski definition) is 7. The number of nitrogens with zero attached hydrogens (tertiary/aromatic N) is 3. The Morgan fingerprint density at radius 3 is 2.37 bits per heavy atom. The molecule has 1 aliphatic heterocycles. The lowest BCUT2D eigenvalue weighted by Gasteiger charge is -2.43. The zero-order chi connectivity index (χ0) is 28.6. The minimum atomic E-state index is 0.0529. The highest BCUT2D eigenvalue weighted by Crippen LogP contribution is 2.32. The molecular weight excluding hydrogens is 556 g/mol. The lowest BCUT2D eigenvalue weighted by molar-refractivity contribution is -0.120. The molecule has 41 heavy (non-hydrogen) atoms. The van der Waals surface area contributed by atoms with Crippen molar-refractivity contribution in [3.05, 3.63) is 65.4 Å². The van der Waals surface area contributed by atoms with Crippen LogP contribution in [0.5, 0.6) is 11.5 Å². The van der Waals surface area contributed by atoms with Gasteiger partial charge < -0.3 is 14.8 Å². The topological polar surface area (TPSA) is 76.6 Å². The van der Waals surface area contributed by atoms with Crippen LogP contribution in [-0.4, -0.2) is 65.9 Å². The summed E-state index contributed by atoms with van der Waals surface area (Å²) in [4.78, 5) is 24.6. The van der Waals surface area contributed by atoms with Crippen molar-refractivity contribution in [2.24, 2.45) is 5.92 Å². The SMILES string of the molecule is COc1ccc(-c2cnc(SCC(=O)N[C@@H]3CCCC[C@@H]3N3CCC(Cc4ccc(Cl)cc4)CC3)nc2)cc1OC. The fourth-order valence-electron chi connectivity index (χ4n) is 6.09. The number of likely N-dealkylation sites (tertiary alicyclic amines) is 1. The predicted octanol–water partition coefficient (Wildman–Crippen LogP) is 6.29. The predicted molar refractivity (Wildman–Crippen MR) is 165 cm³/mol. The van der Waals surface area contributed by atoms with Gasteiger partial charge in [0, 0.05) is 35.1 Å². The second-order valence-corrected chi connectivity index (χ2v) is 12.3. The monoisotopic (exact) mass is 594 g/mol. The number of piperidine rings is 1. The number of carbonyl (C=O) groups excluding carboxylic acids is 1. The maximum atomic E-state index is 13.0. The van der Waals surface area contributed by atoms with Crippen molar-refractivity contribution in [1.29, 1.82) is 0 Å². The summed E-state index contributed by atoms with van der Waals surface area (Å²) >= 11 is 7.43. The first kappa shape index (κ1) is 29.7. The van der Waals surface area contributed by atoms with E-state index in [-0.39, 0.29) is 11.9 Å². The molecule has 1 N–H and O–H groups in total. The quantitative estimate of drug-likeness (QED) is 0.218. The molecule has 2 aliphatic rings. The lowest BCUT2D eigenvalue weighted by Crippen LogP contribution is -2.55. The van der Waals surface area contributed by atoms with Crippen LogP contribution in [0.25, 0.3) is 11.1 Å². The number of thioether (sulfide) groups is 1. The highest BCUT2D eigenvalue weighted by atomic mass is 35.5. The number of hydrogen-bond donors (Lipinski definition) is 1. The maximum Gasteiger partial charge on any atom is 0.230 e. The van der Waals surface area contributed by atoms with Crippen LogP contribution in [0.2, 0.25) is 5.02 Å². The molecule has 1 aliphatic carbocycles. The average molecular weight is 595 g/mol. The Morgan fingerprint density at radius 2 is 1.66 bits per heavy atom. The van der Waals surface area contributed by atoms with Gasteiger partial charge in [0.1, 0.15) is 0 Å². The molecule has 1 amide bonds. The van der Waals surface area contributed by atoms with Crippen molar-refractivity contribution in [1.82, 2.24) is 20.2 Å². The zero-order valence-electron chi connectivity index (χ0n) is 23.9. The molecule has 2 aromatic carbocycles. The summed E-state index contributed by atoms with van der Waals surface area (Å²) in [6, 6.07) is 14.6. The van der Waals surface area contributed by atoms with Gasteiger partial charge in [-0.05, 0) is 86.5 Å². The van der Waals surface area contributed by atoms with Gasteiger partial charge in [0.05, 0.1) is 20.0 Å². The highest BCUT2D eigenvalue weighted by Gasteiger charge is 2.33. The van der Waals surface area contributed by atoms with Crippen LogP contribution in [0, 0.1) is 5.92 Å². The van der Waals surface area contributed by atoms with E-state index in [1.807, 2.05) is 30.3 Å². The van der Waals surface area contributed by atoms with E-state index in [9.17, 15) is 4.79 Å². The molecule has 0 radical (unpaired) electrons. The van der Waals surface area contributed by atoms with E-state index in [0.29, 0.717) is 34.4 Å². The first-order chi connectivity index (χ1) is 20.0. The highest BCUT2D eigenvalue weighted by molar-refractivity contribution is 7.99. The Bertz CT molecular complexity index is 1280. The third kappa shape index (κ3) is 7.93. The molecule has 1 saturated heterocycles. The smallest absolute Gasteiger partial charge is 0.230 e. The number of benzene rings is 2. The standard InChI is InChI=1S/C32H39ClN4O3S/c1-39-29-12-9-24(18-30(29)40-2)25-19-34-32(35-20-25)41-21-31(38)36-27-5-3-4-6-28(27)37-15-13-23(14-16-37)17-22-7-10-26(33)11-8-22/h7-12,18-20,23,27-28H,3-6,13-17,21H2,1-2H3,(H,36,38)/t27-,28+/m1/s1. The number of halogens is 1. The van der Waals surface area contributed by atoms with Crippen LogP contribution in [0.3, 0.4) is 0 Å². The van der Waals surface area contributed by atoms with Gasteiger partial charge in [0.2, 0.25) is 5.91 Å². The Balaban J connectivity index is 1.10. The fourth-order valence-corrected chi connectivity index (χ4v) is 6.82. The molecule has 9 heteroatoms. The van der Waals surface area contributed by atoms with Gasteiger partial charge in [-0.2, -0.15) is 0 Å². The second kappa shape index (κ2) is 14.4. The molecular formula is C32H39ClN4O3S. The molecule has 2 heterocycles. The van der Waals surface area contributed by atoms with Crippen molar-refractivity contribution in [2.45, 2.75) is 62.2 Å². The molecule has 2 fully saturated rings. The molecule has 0 bridgehead atoms. The molecule has 2 atom stereocenters. The second-order valence-electron chi connectivity index (χ2n) is 10.9. The number of rotatable bonds is 10. The molecule has 1 saturated carbocycles.